The lowest BCUT2D eigenvalue weighted by molar-refractivity contribution is 0.0690. The Morgan fingerprint density at radius 1 is 1.19 bits per heavy atom. The van der Waals surface area contributed by atoms with Crippen LogP contribution in [0.2, 0.25) is 0 Å². The fourth-order valence-electron chi connectivity index (χ4n) is 5.30. The Labute approximate surface area is 287 Å². The number of aromatic carboxylic acids is 1. The van der Waals surface area contributed by atoms with E-state index < -0.39 is 11.8 Å². The van der Waals surface area contributed by atoms with Crippen LogP contribution in [0.1, 0.15) is 61.0 Å². The summed E-state index contributed by atoms with van der Waals surface area (Å²) in [5.41, 5.74) is 16.3. The summed E-state index contributed by atoms with van der Waals surface area (Å²) in [6.07, 6.45) is 2.38. The molecule has 0 bridgehead atoms. The summed E-state index contributed by atoms with van der Waals surface area (Å²) < 4.78 is 21.4. The molecule has 0 unspecified atom stereocenters. The first-order chi connectivity index (χ1) is 23.2. The number of aryl methyl sites for hydroxylation is 1. The Bertz CT molecular complexity index is 1870. The van der Waals surface area contributed by atoms with Crippen molar-refractivity contribution in [3.8, 4) is 17.6 Å². The molecule has 0 aliphatic carbocycles. The summed E-state index contributed by atoms with van der Waals surface area (Å²) in [6, 6.07) is 12.6. The first-order valence-corrected chi connectivity index (χ1v) is 17.5. The molecule has 6 N–H and O–H groups in total. The topological polar surface area (TPSA) is 143 Å². The number of nitrogens with two attached hydrogens (primary N) is 2. The van der Waals surface area contributed by atoms with Crippen LogP contribution in [0.3, 0.4) is 0 Å². The van der Waals surface area contributed by atoms with Crippen molar-refractivity contribution in [1.29, 1.82) is 0 Å². The molecule has 0 amide bonds. The Hall–Kier alpha value is -4.64. The van der Waals surface area contributed by atoms with Gasteiger partial charge in [0.2, 0.25) is 0 Å². The molecule has 1 aliphatic heterocycles. The third-order valence-corrected chi connectivity index (χ3v) is 10.2. The van der Waals surface area contributed by atoms with E-state index in [0.29, 0.717) is 58.3 Å². The van der Waals surface area contributed by atoms with E-state index in [-0.39, 0.29) is 18.1 Å². The van der Waals surface area contributed by atoms with Gasteiger partial charge in [0.15, 0.2) is 27.5 Å². The van der Waals surface area contributed by atoms with E-state index in [0.717, 1.165) is 47.3 Å². The lowest BCUT2D eigenvalue weighted by Crippen LogP contribution is -2.34. The zero-order valence-electron chi connectivity index (χ0n) is 27.3. The van der Waals surface area contributed by atoms with Gasteiger partial charge in [-0.1, -0.05) is 49.2 Å². The molecular formula is C35H40FN7O3S2. The summed E-state index contributed by atoms with van der Waals surface area (Å²) in [5, 5.41) is 14.3. The zero-order chi connectivity index (χ0) is 34.2. The molecule has 0 spiro atoms. The van der Waals surface area contributed by atoms with Gasteiger partial charge in [-0.05, 0) is 87.2 Å². The van der Waals surface area contributed by atoms with Crippen LogP contribution in [0.4, 0.5) is 14.7 Å². The molecule has 0 radical (unpaired) electrons. The van der Waals surface area contributed by atoms with Crippen LogP contribution in [0.5, 0.6) is 5.75 Å². The average molecular weight is 690 g/mol. The number of halogens is 1. The van der Waals surface area contributed by atoms with Gasteiger partial charge in [-0.25, -0.2) is 19.2 Å². The highest BCUT2D eigenvalue weighted by Crippen LogP contribution is 2.35. The Morgan fingerprint density at radius 3 is 2.71 bits per heavy atom. The lowest BCUT2D eigenvalue weighted by Gasteiger charge is -2.30. The first kappa shape index (κ1) is 34.7. The van der Waals surface area contributed by atoms with Gasteiger partial charge in [-0.2, -0.15) is 0 Å². The number of hydrogen-bond donors (Lipinski definition) is 4. The van der Waals surface area contributed by atoms with Crippen molar-refractivity contribution in [2.45, 2.75) is 46.5 Å². The largest absolute Gasteiger partial charge is 0.491 e. The molecule has 1 aliphatic rings. The van der Waals surface area contributed by atoms with Crippen LogP contribution in [-0.4, -0.2) is 58.7 Å². The third-order valence-electron chi connectivity index (χ3n) is 8.09. The number of thiazole rings is 2. The molecule has 13 heteroatoms. The third kappa shape index (κ3) is 8.25. The van der Waals surface area contributed by atoms with Crippen molar-refractivity contribution >= 4 is 49.1 Å². The molecule has 10 nitrogen and oxygen atoms in total. The molecule has 2 aromatic heterocycles. The second-order valence-corrected chi connectivity index (χ2v) is 13.3. The molecule has 0 saturated heterocycles. The van der Waals surface area contributed by atoms with Crippen molar-refractivity contribution in [3.63, 3.8) is 0 Å². The van der Waals surface area contributed by atoms with Crippen LogP contribution >= 0.6 is 22.7 Å². The minimum atomic E-state index is -1.11. The summed E-state index contributed by atoms with van der Waals surface area (Å²) in [7, 11) is 0. The highest BCUT2D eigenvalue weighted by atomic mass is 32.1. The van der Waals surface area contributed by atoms with Crippen molar-refractivity contribution in [1.82, 2.24) is 14.9 Å². The molecule has 5 rings (SSSR count). The second kappa shape index (κ2) is 16.0. The molecule has 4 aromatic rings. The molecule has 3 heterocycles. The highest BCUT2D eigenvalue weighted by Gasteiger charge is 2.26. The van der Waals surface area contributed by atoms with Gasteiger partial charge < -0.3 is 31.5 Å². The monoisotopic (exact) mass is 689 g/mol. The van der Waals surface area contributed by atoms with E-state index in [9.17, 15) is 14.3 Å². The summed E-state index contributed by atoms with van der Waals surface area (Å²) in [4.78, 5) is 25.8. The van der Waals surface area contributed by atoms with E-state index in [1.165, 1.54) is 28.7 Å². The maximum atomic E-state index is 14.7. The predicted molar refractivity (Wildman–Crippen MR) is 192 cm³/mol. The number of benzene rings is 2. The molecule has 252 valence electrons. The standard InChI is InChI=1S/C35H40FN7O3S2/c1-4-42(5-2)18-8-11-23-16-17-27(25(36)21-23)46-20-10-15-29-30(33(44)45)40-35(48-29)43-19-9-12-24(32(43)38)22(3)31(37)41-34-39-26-13-6-7-14-28(26)47-34/h6-7,13-14,16-17,21H,4-5,9-10,12,15,18-20,37-38H2,1-3H3,(H,39,41)(H,44,45)/b31-22+. The van der Waals surface area contributed by atoms with Crippen molar-refractivity contribution in [3.05, 3.63) is 87.2 Å². The van der Waals surface area contributed by atoms with Crippen LogP contribution < -0.4 is 26.4 Å². The van der Waals surface area contributed by atoms with Crippen LogP contribution in [0, 0.1) is 17.7 Å². The number of carbonyl (C=O) groups is 1. The maximum Gasteiger partial charge on any atom is 0.355 e. The number of carboxylic acid groups (broad SMARTS) is 1. The summed E-state index contributed by atoms with van der Waals surface area (Å²) in [6.45, 7) is 9.31. The minimum Gasteiger partial charge on any atom is -0.491 e. The van der Waals surface area contributed by atoms with Crippen molar-refractivity contribution in [2.75, 3.05) is 43.0 Å². The van der Waals surface area contributed by atoms with Crippen molar-refractivity contribution < 1.29 is 19.0 Å². The SMILES string of the molecule is CCN(CC)CC#Cc1ccc(OCCCc2sc(N3CCCC(/C(C)=C(\N)Nc4nc5ccccc5s4)=C3N)nc2C(=O)O)c(F)c1. The smallest absolute Gasteiger partial charge is 0.355 e. The predicted octanol–water partition coefficient (Wildman–Crippen LogP) is 6.37. The van der Waals surface area contributed by atoms with E-state index in [1.807, 2.05) is 36.1 Å². The van der Waals surface area contributed by atoms with Gasteiger partial charge >= 0.3 is 5.97 Å². The number of aromatic nitrogens is 2. The van der Waals surface area contributed by atoms with E-state index in [2.05, 4.69) is 45.9 Å². The number of para-hydroxylation sites is 1. The van der Waals surface area contributed by atoms with E-state index in [1.54, 1.807) is 12.1 Å². The number of fused-ring (bicyclic) bond motifs is 1. The van der Waals surface area contributed by atoms with Crippen LogP contribution in [0.25, 0.3) is 10.2 Å². The molecule has 0 saturated carbocycles. The molecule has 0 fully saturated rings. The summed E-state index contributed by atoms with van der Waals surface area (Å²) >= 11 is 2.81. The number of ether oxygens (including phenoxy) is 1. The normalized spacial score (nSPS) is 13.8. The van der Waals surface area contributed by atoms with Gasteiger partial charge in [-0.15, -0.1) is 11.3 Å². The number of carboxylic acids is 1. The summed E-state index contributed by atoms with van der Waals surface area (Å²) in [5.74, 6) is 5.55. The zero-order valence-corrected chi connectivity index (χ0v) is 28.9. The minimum absolute atomic E-state index is 0.0157. The second-order valence-electron chi connectivity index (χ2n) is 11.2. The number of hydrogen-bond acceptors (Lipinski definition) is 11. The van der Waals surface area contributed by atoms with Gasteiger partial charge in [0.25, 0.3) is 0 Å². The fourth-order valence-corrected chi connectivity index (χ4v) is 7.31. The number of rotatable bonds is 13. The number of allylic oxidation sites excluding steroid dienone is 2. The van der Waals surface area contributed by atoms with E-state index >= 15 is 0 Å². The van der Waals surface area contributed by atoms with Crippen LogP contribution in [-0.2, 0) is 6.42 Å². The molecular weight excluding hydrogens is 650 g/mol. The highest BCUT2D eigenvalue weighted by molar-refractivity contribution is 7.22. The maximum absolute atomic E-state index is 14.7. The lowest BCUT2D eigenvalue weighted by atomic mass is 9.99. The number of nitrogens with one attached hydrogen (secondary N) is 1. The van der Waals surface area contributed by atoms with Gasteiger partial charge in [-0.3, -0.25) is 4.90 Å². The Morgan fingerprint density at radius 2 is 1.98 bits per heavy atom. The van der Waals surface area contributed by atoms with Crippen LogP contribution in [0.15, 0.2) is 65.3 Å². The van der Waals surface area contributed by atoms with Gasteiger partial charge in [0.05, 0.1) is 23.4 Å². The number of anilines is 2. The van der Waals surface area contributed by atoms with Gasteiger partial charge in [0.1, 0.15) is 11.6 Å². The van der Waals surface area contributed by atoms with E-state index in [4.69, 9.17) is 16.2 Å². The van der Waals surface area contributed by atoms with Crippen molar-refractivity contribution in [2.24, 2.45) is 11.5 Å². The first-order valence-electron chi connectivity index (χ1n) is 15.9. The fraction of sp³-hybridized carbons (Fsp3) is 0.343. The average Bonchev–Trinajstić information content (AvgIpc) is 3.69. The molecule has 48 heavy (non-hydrogen) atoms. The molecule has 2 aromatic carbocycles. The Balaban J connectivity index is 1.23. The quantitative estimate of drug-likeness (QED) is 0.0924. The number of nitrogens with zero attached hydrogens (tertiary/aromatic N) is 4. The van der Waals surface area contributed by atoms with Gasteiger partial charge in [0, 0.05) is 17.0 Å². The molecule has 0 atom stereocenters. The Kier molecular flexibility index (Phi) is 11.5.